The standard InChI is InChI=1S/C23H26FN3O2/c1-17-6-5-7-18(2)23(17)25-21(28)16-26-12-14-27(15-13-26)22(29)11-10-19-8-3-4-9-20(19)24/h3-11H,12-16H2,1-2H3,(H,25,28). The number of carbonyl (C=O) groups is 2. The van der Waals surface area contributed by atoms with Gasteiger partial charge >= 0.3 is 0 Å². The van der Waals surface area contributed by atoms with Gasteiger partial charge in [-0.15, -0.1) is 0 Å². The number of hydrogen-bond acceptors (Lipinski definition) is 3. The van der Waals surface area contributed by atoms with E-state index in [1.165, 1.54) is 18.2 Å². The number of piperazine rings is 1. The summed E-state index contributed by atoms with van der Waals surface area (Å²) < 4.78 is 13.6. The fourth-order valence-corrected chi connectivity index (χ4v) is 3.40. The molecule has 0 saturated carbocycles. The van der Waals surface area contributed by atoms with Gasteiger partial charge in [-0.3, -0.25) is 14.5 Å². The van der Waals surface area contributed by atoms with Crippen LogP contribution in [0.15, 0.2) is 48.5 Å². The minimum atomic E-state index is -0.351. The van der Waals surface area contributed by atoms with E-state index >= 15 is 0 Å². The van der Waals surface area contributed by atoms with Gasteiger partial charge in [-0.25, -0.2) is 4.39 Å². The summed E-state index contributed by atoms with van der Waals surface area (Å²) in [5.41, 5.74) is 3.33. The SMILES string of the molecule is Cc1cccc(C)c1NC(=O)CN1CCN(C(=O)C=Cc2ccccc2F)CC1. The maximum absolute atomic E-state index is 13.6. The van der Waals surface area contributed by atoms with E-state index in [0.717, 1.165) is 16.8 Å². The van der Waals surface area contributed by atoms with E-state index in [1.807, 2.05) is 36.9 Å². The van der Waals surface area contributed by atoms with E-state index < -0.39 is 0 Å². The minimum Gasteiger partial charge on any atom is -0.337 e. The Labute approximate surface area is 170 Å². The average molecular weight is 395 g/mol. The van der Waals surface area contributed by atoms with Gasteiger partial charge in [0.1, 0.15) is 5.82 Å². The first-order valence-corrected chi connectivity index (χ1v) is 9.74. The summed E-state index contributed by atoms with van der Waals surface area (Å²) in [6, 6.07) is 12.3. The molecule has 0 spiro atoms. The normalized spacial score (nSPS) is 14.9. The predicted octanol–water partition coefficient (Wildman–Crippen LogP) is 3.24. The van der Waals surface area contributed by atoms with Crippen molar-refractivity contribution in [2.45, 2.75) is 13.8 Å². The van der Waals surface area contributed by atoms with Gasteiger partial charge in [0.15, 0.2) is 0 Å². The first kappa shape index (κ1) is 20.7. The van der Waals surface area contributed by atoms with Gasteiger partial charge < -0.3 is 10.2 Å². The third-order valence-electron chi connectivity index (χ3n) is 5.11. The van der Waals surface area contributed by atoms with Crippen LogP contribution in [0.4, 0.5) is 10.1 Å². The van der Waals surface area contributed by atoms with Crippen LogP contribution >= 0.6 is 0 Å². The first-order valence-electron chi connectivity index (χ1n) is 9.74. The van der Waals surface area contributed by atoms with Crippen molar-refractivity contribution >= 4 is 23.6 Å². The molecule has 152 valence electrons. The van der Waals surface area contributed by atoms with E-state index in [1.54, 1.807) is 23.1 Å². The molecule has 0 aromatic heterocycles. The lowest BCUT2D eigenvalue weighted by atomic mass is 10.1. The largest absolute Gasteiger partial charge is 0.337 e. The van der Waals surface area contributed by atoms with Gasteiger partial charge in [0.05, 0.1) is 6.54 Å². The van der Waals surface area contributed by atoms with Crippen LogP contribution in [0.25, 0.3) is 6.08 Å². The molecule has 6 heteroatoms. The molecule has 2 amide bonds. The number of anilines is 1. The van der Waals surface area contributed by atoms with E-state index in [2.05, 4.69) is 5.32 Å². The average Bonchev–Trinajstić information content (AvgIpc) is 2.70. The second-order valence-electron chi connectivity index (χ2n) is 7.27. The highest BCUT2D eigenvalue weighted by Crippen LogP contribution is 2.19. The lowest BCUT2D eigenvalue weighted by Crippen LogP contribution is -2.50. The molecule has 1 heterocycles. The van der Waals surface area contributed by atoms with Crippen LogP contribution in [0, 0.1) is 19.7 Å². The van der Waals surface area contributed by atoms with Gasteiger partial charge in [0, 0.05) is 43.5 Å². The van der Waals surface area contributed by atoms with E-state index in [0.29, 0.717) is 38.3 Å². The molecule has 0 atom stereocenters. The molecule has 1 aliphatic rings. The fraction of sp³-hybridized carbons (Fsp3) is 0.304. The Morgan fingerprint density at radius 2 is 1.66 bits per heavy atom. The van der Waals surface area contributed by atoms with Crippen molar-refractivity contribution in [1.29, 1.82) is 0 Å². The van der Waals surface area contributed by atoms with Crippen LogP contribution < -0.4 is 5.32 Å². The number of nitrogens with one attached hydrogen (secondary N) is 1. The smallest absolute Gasteiger partial charge is 0.246 e. The molecular formula is C23H26FN3O2. The first-order chi connectivity index (χ1) is 13.9. The van der Waals surface area contributed by atoms with E-state index in [4.69, 9.17) is 0 Å². The molecule has 5 nitrogen and oxygen atoms in total. The summed E-state index contributed by atoms with van der Waals surface area (Å²) in [4.78, 5) is 28.5. The van der Waals surface area contributed by atoms with Crippen LogP contribution in [0.3, 0.4) is 0 Å². The predicted molar refractivity (Wildman–Crippen MR) is 113 cm³/mol. The maximum atomic E-state index is 13.6. The molecule has 2 aromatic rings. The van der Waals surface area contributed by atoms with Gasteiger partial charge in [-0.1, -0.05) is 36.4 Å². The van der Waals surface area contributed by atoms with Crippen LogP contribution in [0.2, 0.25) is 0 Å². The van der Waals surface area contributed by atoms with E-state index in [-0.39, 0.29) is 17.6 Å². The summed E-state index contributed by atoms with van der Waals surface area (Å²) in [7, 11) is 0. The number of amides is 2. The molecule has 0 unspecified atom stereocenters. The number of rotatable bonds is 5. The van der Waals surface area contributed by atoms with Crippen molar-refractivity contribution in [3.05, 3.63) is 71.0 Å². The Kier molecular flexibility index (Phi) is 6.77. The summed E-state index contributed by atoms with van der Waals surface area (Å²) >= 11 is 0. The lowest BCUT2D eigenvalue weighted by molar-refractivity contribution is -0.127. The Hall–Kier alpha value is -2.99. The van der Waals surface area contributed by atoms with Crippen molar-refractivity contribution in [2.75, 3.05) is 38.0 Å². The Bertz CT molecular complexity index is 898. The highest BCUT2D eigenvalue weighted by Gasteiger charge is 2.21. The number of para-hydroxylation sites is 1. The quantitative estimate of drug-likeness (QED) is 0.791. The lowest BCUT2D eigenvalue weighted by Gasteiger charge is -2.33. The van der Waals surface area contributed by atoms with Crippen molar-refractivity contribution in [1.82, 2.24) is 9.80 Å². The number of carbonyl (C=O) groups excluding carboxylic acids is 2. The molecule has 1 N–H and O–H groups in total. The zero-order valence-electron chi connectivity index (χ0n) is 16.8. The number of hydrogen-bond donors (Lipinski definition) is 1. The van der Waals surface area contributed by atoms with E-state index in [9.17, 15) is 14.0 Å². The van der Waals surface area contributed by atoms with Crippen molar-refractivity contribution < 1.29 is 14.0 Å². The summed E-state index contributed by atoms with van der Waals surface area (Å²) in [6.07, 6.45) is 2.91. The number of aryl methyl sites for hydroxylation is 2. The Balaban J connectivity index is 1.48. The monoisotopic (exact) mass is 395 g/mol. The van der Waals surface area contributed by atoms with Gasteiger partial charge in [0.2, 0.25) is 11.8 Å². The highest BCUT2D eigenvalue weighted by atomic mass is 19.1. The van der Waals surface area contributed by atoms with Crippen LogP contribution in [0.5, 0.6) is 0 Å². The van der Waals surface area contributed by atoms with Crippen LogP contribution in [-0.4, -0.2) is 54.3 Å². The summed E-state index contributed by atoms with van der Waals surface area (Å²) in [6.45, 7) is 6.57. The number of halogens is 1. The van der Waals surface area contributed by atoms with Crippen molar-refractivity contribution in [3.8, 4) is 0 Å². The highest BCUT2D eigenvalue weighted by molar-refractivity contribution is 5.94. The second-order valence-corrected chi connectivity index (χ2v) is 7.27. The van der Waals surface area contributed by atoms with Gasteiger partial charge in [-0.05, 0) is 37.1 Å². The van der Waals surface area contributed by atoms with Crippen molar-refractivity contribution in [2.24, 2.45) is 0 Å². The Morgan fingerprint density at radius 3 is 2.31 bits per heavy atom. The molecule has 1 saturated heterocycles. The minimum absolute atomic E-state index is 0.0541. The third-order valence-corrected chi connectivity index (χ3v) is 5.11. The Morgan fingerprint density at radius 1 is 1.00 bits per heavy atom. The number of nitrogens with zero attached hydrogens (tertiary/aromatic N) is 2. The van der Waals surface area contributed by atoms with Crippen LogP contribution in [0.1, 0.15) is 16.7 Å². The summed E-state index contributed by atoms with van der Waals surface area (Å²) in [5, 5.41) is 3.00. The molecule has 1 aliphatic heterocycles. The molecule has 0 bridgehead atoms. The molecule has 3 rings (SSSR count). The molecular weight excluding hydrogens is 369 g/mol. The van der Waals surface area contributed by atoms with Gasteiger partial charge in [0.25, 0.3) is 0 Å². The zero-order valence-corrected chi connectivity index (χ0v) is 16.8. The molecule has 1 fully saturated rings. The summed E-state index contributed by atoms with van der Waals surface area (Å²) in [5.74, 6) is -0.550. The number of benzene rings is 2. The zero-order chi connectivity index (χ0) is 20.8. The molecule has 29 heavy (non-hydrogen) atoms. The maximum Gasteiger partial charge on any atom is 0.246 e. The second kappa shape index (κ2) is 9.47. The molecule has 2 aromatic carbocycles. The third kappa shape index (κ3) is 5.51. The van der Waals surface area contributed by atoms with Gasteiger partial charge in [-0.2, -0.15) is 0 Å². The van der Waals surface area contributed by atoms with Crippen molar-refractivity contribution in [3.63, 3.8) is 0 Å². The fourth-order valence-electron chi connectivity index (χ4n) is 3.40. The molecule has 0 radical (unpaired) electrons. The van der Waals surface area contributed by atoms with Crippen LogP contribution in [-0.2, 0) is 9.59 Å². The molecule has 0 aliphatic carbocycles. The topological polar surface area (TPSA) is 52.7 Å².